The predicted octanol–water partition coefficient (Wildman–Crippen LogP) is 1.00. The molecule has 0 atom stereocenters. The zero-order valence-corrected chi connectivity index (χ0v) is 13.9. The largest absolute Gasteiger partial charge is 0.367 e. The van der Waals surface area contributed by atoms with Crippen LogP contribution in [0.4, 0.5) is 10.8 Å². The average Bonchev–Trinajstić information content (AvgIpc) is 3.13. The highest BCUT2D eigenvalue weighted by molar-refractivity contribution is 7.13. The first-order chi connectivity index (χ1) is 11.7. The summed E-state index contributed by atoms with van der Waals surface area (Å²) in [5.74, 6) is -0.206. The highest BCUT2D eigenvalue weighted by Gasteiger charge is 2.21. The Balaban J connectivity index is 1.41. The van der Waals surface area contributed by atoms with Gasteiger partial charge >= 0.3 is 0 Å². The lowest BCUT2D eigenvalue weighted by Crippen LogP contribution is -2.48. The van der Waals surface area contributed by atoms with E-state index in [9.17, 15) is 9.59 Å². The lowest BCUT2D eigenvalue weighted by atomic mass is 10.2. The van der Waals surface area contributed by atoms with Gasteiger partial charge in [-0.1, -0.05) is 11.3 Å². The van der Waals surface area contributed by atoms with E-state index in [0.29, 0.717) is 18.2 Å². The maximum absolute atomic E-state index is 12.2. The summed E-state index contributed by atoms with van der Waals surface area (Å²) in [6.45, 7) is 2.86. The fraction of sp³-hybridized carbons (Fsp3) is 0.400. The highest BCUT2D eigenvalue weighted by atomic mass is 32.1. The molecule has 2 aromatic heterocycles. The Hall–Kier alpha value is -2.55. The predicted molar refractivity (Wildman–Crippen MR) is 90.8 cm³/mol. The van der Waals surface area contributed by atoms with Crippen molar-refractivity contribution in [2.45, 2.75) is 12.8 Å². The lowest BCUT2D eigenvalue weighted by Gasteiger charge is -2.36. The first kappa shape index (κ1) is 16.3. The zero-order chi connectivity index (χ0) is 16.8. The molecule has 3 rings (SSSR count). The van der Waals surface area contributed by atoms with Gasteiger partial charge in [0.15, 0.2) is 0 Å². The Morgan fingerprint density at radius 1 is 1.21 bits per heavy atom. The van der Waals surface area contributed by atoms with Crippen LogP contribution in [0.1, 0.15) is 12.8 Å². The summed E-state index contributed by atoms with van der Waals surface area (Å²) in [7, 11) is 0. The molecule has 9 heteroatoms. The Kier molecular flexibility index (Phi) is 5.32. The number of carbonyl (C=O) groups excluding carboxylic acids is 2. The van der Waals surface area contributed by atoms with E-state index >= 15 is 0 Å². The van der Waals surface area contributed by atoms with Gasteiger partial charge in [-0.25, -0.2) is 0 Å². The fourth-order valence-electron chi connectivity index (χ4n) is 2.54. The van der Waals surface area contributed by atoms with Gasteiger partial charge < -0.3 is 15.1 Å². The molecular formula is C15H18N6O2S. The number of pyridine rings is 1. The first-order valence-corrected chi connectivity index (χ1v) is 8.59. The second-order valence-corrected chi connectivity index (χ2v) is 6.20. The number of aromatic nitrogens is 3. The van der Waals surface area contributed by atoms with E-state index in [1.807, 2.05) is 23.2 Å². The Morgan fingerprint density at radius 2 is 2.04 bits per heavy atom. The number of carbonyl (C=O) groups is 2. The molecule has 0 spiro atoms. The third-order valence-electron chi connectivity index (χ3n) is 3.82. The van der Waals surface area contributed by atoms with E-state index in [4.69, 9.17) is 0 Å². The molecule has 1 N–H and O–H groups in total. The maximum atomic E-state index is 12.2. The third-order valence-corrected chi connectivity index (χ3v) is 4.42. The van der Waals surface area contributed by atoms with Gasteiger partial charge in [-0.3, -0.25) is 14.6 Å². The summed E-state index contributed by atoms with van der Waals surface area (Å²) in [5, 5.41) is 10.5. The molecule has 0 aromatic carbocycles. The summed E-state index contributed by atoms with van der Waals surface area (Å²) in [4.78, 5) is 32.2. The average molecular weight is 346 g/mol. The number of anilines is 2. The van der Waals surface area contributed by atoms with Crippen molar-refractivity contribution in [3.63, 3.8) is 0 Å². The quantitative estimate of drug-likeness (QED) is 0.868. The molecule has 1 saturated heterocycles. The van der Waals surface area contributed by atoms with E-state index < -0.39 is 0 Å². The molecule has 0 radical (unpaired) electrons. The summed E-state index contributed by atoms with van der Waals surface area (Å²) in [6, 6.07) is 3.92. The summed E-state index contributed by atoms with van der Waals surface area (Å²) in [6.07, 6.45) is 3.93. The topological polar surface area (TPSA) is 91.3 Å². The highest BCUT2D eigenvalue weighted by Crippen LogP contribution is 2.15. The normalized spacial score (nSPS) is 14.5. The molecular weight excluding hydrogens is 328 g/mol. The molecule has 0 saturated carbocycles. The summed E-state index contributed by atoms with van der Waals surface area (Å²) >= 11 is 1.25. The summed E-state index contributed by atoms with van der Waals surface area (Å²) in [5.41, 5.74) is 2.61. The second kappa shape index (κ2) is 7.82. The van der Waals surface area contributed by atoms with Crippen molar-refractivity contribution in [1.82, 2.24) is 20.1 Å². The van der Waals surface area contributed by atoms with Crippen LogP contribution in [0.25, 0.3) is 0 Å². The molecule has 2 amide bonds. The van der Waals surface area contributed by atoms with Crippen LogP contribution in [-0.4, -0.2) is 58.1 Å². The number of nitrogens with one attached hydrogen (secondary N) is 1. The molecule has 24 heavy (non-hydrogen) atoms. The molecule has 0 aliphatic carbocycles. The van der Waals surface area contributed by atoms with Gasteiger partial charge in [-0.05, 0) is 12.1 Å². The van der Waals surface area contributed by atoms with Gasteiger partial charge in [0.1, 0.15) is 5.51 Å². The lowest BCUT2D eigenvalue weighted by molar-refractivity contribution is -0.133. The van der Waals surface area contributed by atoms with Crippen LogP contribution < -0.4 is 10.2 Å². The fourth-order valence-corrected chi connectivity index (χ4v) is 3.00. The number of rotatable bonds is 5. The van der Waals surface area contributed by atoms with E-state index in [2.05, 4.69) is 25.4 Å². The SMILES string of the molecule is O=C(CCC(=O)N1CCN(c2cccnc2)CC1)Nc1nncs1. The van der Waals surface area contributed by atoms with E-state index in [1.54, 1.807) is 11.7 Å². The van der Waals surface area contributed by atoms with Crippen molar-refractivity contribution in [2.24, 2.45) is 0 Å². The van der Waals surface area contributed by atoms with Crippen molar-refractivity contribution in [3.05, 3.63) is 30.0 Å². The first-order valence-electron chi connectivity index (χ1n) is 7.71. The van der Waals surface area contributed by atoms with Crippen LogP contribution >= 0.6 is 11.3 Å². The maximum Gasteiger partial charge on any atom is 0.226 e. The van der Waals surface area contributed by atoms with Gasteiger partial charge in [0, 0.05) is 45.2 Å². The molecule has 1 aliphatic heterocycles. The Labute approximate surface area is 143 Å². The van der Waals surface area contributed by atoms with E-state index in [-0.39, 0.29) is 24.7 Å². The Morgan fingerprint density at radius 3 is 2.71 bits per heavy atom. The van der Waals surface area contributed by atoms with Gasteiger partial charge in [0.25, 0.3) is 0 Å². The molecule has 1 fully saturated rings. The smallest absolute Gasteiger partial charge is 0.226 e. The van der Waals surface area contributed by atoms with Crippen LogP contribution in [0, 0.1) is 0 Å². The second-order valence-electron chi connectivity index (χ2n) is 5.37. The van der Waals surface area contributed by atoms with Gasteiger partial charge in [0.05, 0.1) is 11.9 Å². The molecule has 2 aromatic rings. The standard InChI is InChI=1S/C15H18N6O2S/c22-13(18-15-19-17-11-24-15)3-4-14(23)21-8-6-20(7-9-21)12-2-1-5-16-10-12/h1-2,5,10-11H,3-4,6-9H2,(H,18,19,22). The number of hydrogen-bond acceptors (Lipinski definition) is 7. The summed E-state index contributed by atoms with van der Waals surface area (Å²) < 4.78 is 0. The van der Waals surface area contributed by atoms with Crippen LogP contribution in [0.15, 0.2) is 30.0 Å². The van der Waals surface area contributed by atoms with Crippen LogP contribution in [0.3, 0.4) is 0 Å². The number of piperazine rings is 1. The van der Waals surface area contributed by atoms with Crippen molar-refractivity contribution in [1.29, 1.82) is 0 Å². The van der Waals surface area contributed by atoms with Gasteiger partial charge in [0.2, 0.25) is 16.9 Å². The van der Waals surface area contributed by atoms with Gasteiger partial charge in [-0.15, -0.1) is 10.2 Å². The minimum atomic E-state index is -0.214. The monoisotopic (exact) mass is 346 g/mol. The minimum absolute atomic E-state index is 0.00764. The number of amides is 2. The van der Waals surface area contributed by atoms with Gasteiger partial charge in [-0.2, -0.15) is 0 Å². The van der Waals surface area contributed by atoms with Crippen molar-refractivity contribution in [3.8, 4) is 0 Å². The van der Waals surface area contributed by atoms with Crippen LogP contribution in [0.2, 0.25) is 0 Å². The van der Waals surface area contributed by atoms with E-state index in [0.717, 1.165) is 18.8 Å². The number of nitrogens with zero attached hydrogens (tertiary/aromatic N) is 5. The minimum Gasteiger partial charge on any atom is -0.367 e. The van der Waals surface area contributed by atoms with Crippen LogP contribution in [0.5, 0.6) is 0 Å². The molecule has 3 heterocycles. The molecule has 0 bridgehead atoms. The Bertz CT molecular complexity index is 671. The van der Waals surface area contributed by atoms with Crippen molar-refractivity contribution >= 4 is 34.0 Å². The van der Waals surface area contributed by atoms with Crippen LogP contribution in [-0.2, 0) is 9.59 Å². The zero-order valence-electron chi connectivity index (χ0n) is 13.1. The molecule has 0 unspecified atom stereocenters. The number of hydrogen-bond donors (Lipinski definition) is 1. The van der Waals surface area contributed by atoms with Crippen molar-refractivity contribution < 1.29 is 9.59 Å². The third kappa shape index (κ3) is 4.25. The van der Waals surface area contributed by atoms with E-state index in [1.165, 1.54) is 11.3 Å². The van der Waals surface area contributed by atoms with Crippen molar-refractivity contribution in [2.75, 3.05) is 36.4 Å². The molecule has 1 aliphatic rings. The molecule has 126 valence electrons. The molecule has 8 nitrogen and oxygen atoms in total.